The predicted octanol–water partition coefficient (Wildman–Crippen LogP) is 2.54. The molecule has 1 aromatic rings. The summed E-state index contributed by atoms with van der Waals surface area (Å²) < 4.78 is 13.3. The van der Waals surface area contributed by atoms with Crippen LogP contribution in [0, 0.1) is 11.7 Å². The molecule has 1 fully saturated rings. The molecule has 0 aliphatic heterocycles. The molecule has 0 spiro atoms. The van der Waals surface area contributed by atoms with Gasteiger partial charge >= 0.3 is 0 Å². The molecular formula is C14H19FN2O. The minimum Gasteiger partial charge on any atom is -0.322 e. The van der Waals surface area contributed by atoms with E-state index in [2.05, 4.69) is 10.6 Å². The SMILES string of the molecule is O=C(CNCC1CCCC1)Nc1ccccc1F. The third-order valence-corrected chi connectivity index (χ3v) is 3.34. The second kappa shape index (κ2) is 6.50. The van der Waals surface area contributed by atoms with E-state index in [0.29, 0.717) is 5.92 Å². The Morgan fingerprint density at radius 2 is 2.00 bits per heavy atom. The Morgan fingerprint density at radius 3 is 2.72 bits per heavy atom. The van der Waals surface area contributed by atoms with Gasteiger partial charge in [-0.15, -0.1) is 0 Å². The number of carbonyl (C=O) groups is 1. The van der Waals surface area contributed by atoms with E-state index in [0.717, 1.165) is 6.54 Å². The molecule has 1 aromatic carbocycles. The lowest BCUT2D eigenvalue weighted by atomic mass is 10.1. The van der Waals surface area contributed by atoms with Crippen molar-refractivity contribution in [3.05, 3.63) is 30.1 Å². The molecule has 4 heteroatoms. The van der Waals surface area contributed by atoms with Crippen LogP contribution in [0.4, 0.5) is 10.1 Å². The van der Waals surface area contributed by atoms with Crippen molar-refractivity contribution in [1.82, 2.24) is 5.32 Å². The Balaban J connectivity index is 1.70. The molecular weight excluding hydrogens is 231 g/mol. The first-order valence-electron chi connectivity index (χ1n) is 6.51. The highest BCUT2D eigenvalue weighted by Gasteiger charge is 2.14. The molecule has 0 aromatic heterocycles. The Kier molecular flexibility index (Phi) is 4.70. The summed E-state index contributed by atoms with van der Waals surface area (Å²) in [6.45, 7) is 1.12. The Morgan fingerprint density at radius 1 is 1.28 bits per heavy atom. The average molecular weight is 250 g/mol. The minimum atomic E-state index is -0.401. The lowest BCUT2D eigenvalue weighted by Gasteiger charge is -2.10. The molecule has 1 aliphatic rings. The van der Waals surface area contributed by atoms with Crippen LogP contribution in [0.1, 0.15) is 25.7 Å². The van der Waals surface area contributed by atoms with Crippen LogP contribution >= 0.6 is 0 Å². The van der Waals surface area contributed by atoms with Gasteiger partial charge in [0.25, 0.3) is 0 Å². The van der Waals surface area contributed by atoms with E-state index < -0.39 is 5.82 Å². The fraction of sp³-hybridized carbons (Fsp3) is 0.500. The van der Waals surface area contributed by atoms with Crippen molar-refractivity contribution in [1.29, 1.82) is 0 Å². The summed E-state index contributed by atoms with van der Waals surface area (Å²) in [5.41, 5.74) is 0.241. The zero-order chi connectivity index (χ0) is 12.8. The zero-order valence-electron chi connectivity index (χ0n) is 10.4. The Labute approximate surface area is 107 Å². The predicted molar refractivity (Wildman–Crippen MR) is 69.9 cm³/mol. The third-order valence-electron chi connectivity index (χ3n) is 3.34. The fourth-order valence-electron chi connectivity index (χ4n) is 2.36. The fourth-order valence-corrected chi connectivity index (χ4v) is 2.36. The van der Waals surface area contributed by atoms with Crippen molar-refractivity contribution in [2.24, 2.45) is 5.92 Å². The molecule has 0 saturated heterocycles. The number of halogens is 1. The van der Waals surface area contributed by atoms with Crippen molar-refractivity contribution >= 4 is 11.6 Å². The number of anilines is 1. The van der Waals surface area contributed by atoms with Gasteiger partial charge in [-0.05, 0) is 37.4 Å². The normalized spacial score (nSPS) is 15.8. The van der Waals surface area contributed by atoms with E-state index in [1.54, 1.807) is 18.2 Å². The largest absolute Gasteiger partial charge is 0.322 e. The monoisotopic (exact) mass is 250 g/mol. The first-order valence-corrected chi connectivity index (χ1v) is 6.51. The van der Waals surface area contributed by atoms with E-state index in [1.165, 1.54) is 31.7 Å². The van der Waals surface area contributed by atoms with Gasteiger partial charge in [-0.1, -0.05) is 25.0 Å². The lowest BCUT2D eigenvalue weighted by molar-refractivity contribution is -0.115. The number of hydrogen-bond donors (Lipinski definition) is 2. The lowest BCUT2D eigenvalue weighted by Crippen LogP contribution is -2.31. The van der Waals surface area contributed by atoms with Crippen molar-refractivity contribution in [2.45, 2.75) is 25.7 Å². The summed E-state index contributed by atoms with van der Waals surface area (Å²) in [6, 6.07) is 6.19. The summed E-state index contributed by atoms with van der Waals surface area (Å²) in [6.07, 6.45) is 5.10. The van der Waals surface area contributed by atoms with Crippen LogP contribution in [-0.4, -0.2) is 19.0 Å². The van der Waals surface area contributed by atoms with E-state index in [-0.39, 0.29) is 18.1 Å². The van der Waals surface area contributed by atoms with Crippen LogP contribution in [0.5, 0.6) is 0 Å². The van der Waals surface area contributed by atoms with Gasteiger partial charge in [-0.2, -0.15) is 0 Å². The molecule has 1 aliphatic carbocycles. The van der Waals surface area contributed by atoms with Crippen LogP contribution in [0.25, 0.3) is 0 Å². The molecule has 1 amide bonds. The van der Waals surface area contributed by atoms with E-state index in [9.17, 15) is 9.18 Å². The molecule has 1 saturated carbocycles. The molecule has 0 unspecified atom stereocenters. The number of para-hydroxylation sites is 1. The highest BCUT2D eigenvalue weighted by atomic mass is 19.1. The van der Waals surface area contributed by atoms with Gasteiger partial charge in [0.2, 0.25) is 5.91 Å². The van der Waals surface area contributed by atoms with E-state index >= 15 is 0 Å². The maximum Gasteiger partial charge on any atom is 0.238 e. The molecule has 2 N–H and O–H groups in total. The van der Waals surface area contributed by atoms with Crippen molar-refractivity contribution < 1.29 is 9.18 Å². The maximum absolute atomic E-state index is 13.3. The molecule has 0 radical (unpaired) electrons. The number of amides is 1. The smallest absolute Gasteiger partial charge is 0.238 e. The molecule has 0 bridgehead atoms. The summed E-state index contributed by atoms with van der Waals surface area (Å²) in [5, 5.41) is 5.69. The van der Waals surface area contributed by atoms with Crippen LogP contribution in [0.2, 0.25) is 0 Å². The van der Waals surface area contributed by atoms with Crippen LogP contribution in [0.15, 0.2) is 24.3 Å². The molecule has 0 heterocycles. The average Bonchev–Trinajstić information content (AvgIpc) is 2.85. The van der Waals surface area contributed by atoms with Gasteiger partial charge in [-0.25, -0.2) is 4.39 Å². The number of benzene rings is 1. The number of nitrogens with one attached hydrogen (secondary N) is 2. The number of rotatable bonds is 5. The van der Waals surface area contributed by atoms with Crippen molar-refractivity contribution in [3.63, 3.8) is 0 Å². The summed E-state index contributed by atoms with van der Waals surface area (Å²) in [7, 11) is 0. The second-order valence-electron chi connectivity index (χ2n) is 4.81. The summed E-state index contributed by atoms with van der Waals surface area (Å²) >= 11 is 0. The second-order valence-corrected chi connectivity index (χ2v) is 4.81. The number of carbonyl (C=O) groups excluding carboxylic acids is 1. The minimum absolute atomic E-state index is 0.196. The standard InChI is InChI=1S/C14H19FN2O/c15-12-7-3-4-8-13(12)17-14(18)10-16-9-11-5-1-2-6-11/h3-4,7-8,11,16H,1-2,5-6,9-10H2,(H,17,18). The van der Waals surface area contributed by atoms with Gasteiger partial charge in [0, 0.05) is 0 Å². The highest BCUT2D eigenvalue weighted by Crippen LogP contribution is 2.23. The highest BCUT2D eigenvalue weighted by molar-refractivity contribution is 5.92. The van der Waals surface area contributed by atoms with Crippen LogP contribution < -0.4 is 10.6 Å². The van der Waals surface area contributed by atoms with Crippen LogP contribution in [0.3, 0.4) is 0 Å². The Bertz CT molecular complexity index is 403. The van der Waals surface area contributed by atoms with Gasteiger partial charge in [0.05, 0.1) is 12.2 Å². The summed E-state index contributed by atoms with van der Waals surface area (Å²) in [5.74, 6) is 0.103. The molecule has 98 valence electrons. The van der Waals surface area contributed by atoms with Crippen molar-refractivity contribution in [2.75, 3.05) is 18.4 Å². The summed E-state index contributed by atoms with van der Waals surface area (Å²) in [4.78, 5) is 11.6. The first kappa shape index (κ1) is 13.0. The van der Waals surface area contributed by atoms with Gasteiger partial charge in [-0.3, -0.25) is 4.79 Å². The molecule has 3 nitrogen and oxygen atoms in total. The van der Waals surface area contributed by atoms with E-state index in [4.69, 9.17) is 0 Å². The molecule has 18 heavy (non-hydrogen) atoms. The zero-order valence-corrected chi connectivity index (χ0v) is 10.4. The van der Waals surface area contributed by atoms with Crippen molar-refractivity contribution in [3.8, 4) is 0 Å². The Hall–Kier alpha value is -1.42. The van der Waals surface area contributed by atoms with Gasteiger partial charge in [0.1, 0.15) is 5.82 Å². The topological polar surface area (TPSA) is 41.1 Å². The van der Waals surface area contributed by atoms with Gasteiger partial charge < -0.3 is 10.6 Å². The molecule has 2 rings (SSSR count). The quantitative estimate of drug-likeness (QED) is 0.843. The molecule has 0 atom stereocenters. The first-order chi connectivity index (χ1) is 8.75. The maximum atomic E-state index is 13.3. The van der Waals surface area contributed by atoms with Crippen LogP contribution in [-0.2, 0) is 4.79 Å². The van der Waals surface area contributed by atoms with E-state index in [1.807, 2.05) is 0 Å². The van der Waals surface area contributed by atoms with Gasteiger partial charge in [0.15, 0.2) is 0 Å². The number of hydrogen-bond acceptors (Lipinski definition) is 2. The third kappa shape index (κ3) is 3.81.